The van der Waals surface area contributed by atoms with Gasteiger partial charge in [-0.3, -0.25) is 4.79 Å². The van der Waals surface area contributed by atoms with Crippen molar-refractivity contribution in [2.45, 2.75) is 150 Å². The first-order chi connectivity index (χ1) is 20.7. The molecule has 0 radical (unpaired) electrons. The lowest BCUT2D eigenvalue weighted by Crippen LogP contribution is -2.48. The largest absolute Gasteiger partial charge is 0.497 e. The zero-order chi connectivity index (χ0) is 34.7. The number of hydrogen-bond acceptors (Lipinski definition) is 7. The van der Waals surface area contributed by atoms with Crippen molar-refractivity contribution in [2.24, 2.45) is 17.8 Å². The van der Waals surface area contributed by atoms with Crippen molar-refractivity contribution in [3.63, 3.8) is 0 Å². The van der Waals surface area contributed by atoms with Crippen LogP contribution in [0.2, 0.25) is 18.1 Å². The molecule has 7 atom stereocenters. The summed E-state index contributed by atoms with van der Waals surface area (Å²) in [4.78, 5) is 14.0. The van der Waals surface area contributed by atoms with Crippen LogP contribution in [-0.2, 0) is 30.0 Å². The molecule has 0 spiro atoms. The minimum atomic E-state index is -2.28. The first-order valence-electron chi connectivity index (χ1n) is 16.8. The van der Waals surface area contributed by atoms with Gasteiger partial charge in [0, 0.05) is 24.9 Å². The number of carbonyl (C=O) groups is 1. The SMILES string of the molecule is C=C(C)[C@H](OC(C)C)[C@@H](C)[C@@H](OC(C)C)[C@H](C)[C@H](O)CC(=O)[C@H](C[C@H](C)COCc1ccc(OC)cc1)O[Si](C)(C)C(C)(C)C. The van der Waals surface area contributed by atoms with Crippen LogP contribution in [0.1, 0.15) is 94.6 Å². The van der Waals surface area contributed by atoms with E-state index in [0.29, 0.717) is 19.6 Å². The van der Waals surface area contributed by atoms with Gasteiger partial charge >= 0.3 is 0 Å². The molecule has 1 rings (SSSR count). The minimum Gasteiger partial charge on any atom is -0.497 e. The second-order valence-electron chi connectivity index (χ2n) is 15.1. The number of rotatable bonds is 21. The summed E-state index contributed by atoms with van der Waals surface area (Å²) in [6, 6.07) is 7.82. The van der Waals surface area contributed by atoms with Crippen LogP contribution in [0.3, 0.4) is 0 Å². The van der Waals surface area contributed by atoms with E-state index < -0.39 is 20.5 Å². The Labute approximate surface area is 276 Å². The lowest BCUT2D eigenvalue weighted by Gasteiger charge is -2.40. The van der Waals surface area contributed by atoms with E-state index in [1.165, 1.54) is 0 Å². The number of carbonyl (C=O) groups excluding carboxylic acids is 1. The highest BCUT2D eigenvalue weighted by atomic mass is 28.4. The van der Waals surface area contributed by atoms with Crippen LogP contribution >= 0.6 is 0 Å². The predicted molar refractivity (Wildman–Crippen MR) is 187 cm³/mol. The number of aliphatic hydroxyl groups is 1. The summed E-state index contributed by atoms with van der Waals surface area (Å²) < 4.78 is 30.6. The number of hydrogen-bond donors (Lipinski definition) is 1. The molecule has 0 saturated heterocycles. The van der Waals surface area contributed by atoms with Gasteiger partial charge in [-0.05, 0) is 82.8 Å². The van der Waals surface area contributed by atoms with Gasteiger partial charge in [0.25, 0.3) is 0 Å². The molecule has 0 bridgehead atoms. The molecule has 0 amide bonds. The maximum atomic E-state index is 14.0. The molecule has 7 nitrogen and oxygen atoms in total. The fourth-order valence-electron chi connectivity index (χ4n) is 5.25. The predicted octanol–water partition coefficient (Wildman–Crippen LogP) is 8.38. The molecule has 1 aromatic carbocycles. The quantitative estimate of drug-likeness (QED) is 0.106. The van der Waals surface area contributed by atoms with E-state index in [-0.39, 0.29) is 59.4 Å². The smallest absolute Gasteiger partial charge is 0.193 e. The van der Waals surface area contributed by atoms with Gasteiger partial charge in [-0.2, -0.15) is 0 Å². The van der Waals surface area contributed by atoms with Gasteiger partial charge in [-0.1, -0.05) is 65.8 Å². The third-order valence-corrected chi connectivity index (χ3v) is 13.4. The van der Waals surface area contributed by atoms with Crippen LogP contribution in [0.4, 0.5) is 0 Å². The molecule has 260 valence electrons. The number of ketones is 1. The fourth-order valence-corrected chi connectivity index (χ4v) is 6.54. The van der Waals surface area contributed by atoms with Crippen molar-refractivity contribution >= 4 is 14.1 Å². The zero-order valence-corrected chi connectivity index (χ0v) is 31.9. The molecular weight excluding hydrogens is 584 g/mol. The van der Waals surface area contributed by atoms with E-state index in [9.17, 15) is 9.90 Å². The maximum Gasteiger partial charge on any atom is 0.193 e. The van der Waals surface area contributed by atoms with Gasteiger partial charge < -0.3 is 28.5 Å². The normalized spacial score (nSPS) is 17.4. The highest BCUT2D eigenvalue weighted by molar-refractivity contribution is 6.74. The van der Waals surface area contributed by atoms with Crippen molar-refractivity contribution < 1.29 is 33.3 Å². The van der Waals surface area contributed by atoms with Crippen molar-refractivity contribution in [1.29, 1.82) is 0 Å². The topological polar surface area (TPSA) is 83.5 Å². The average molecular weight is 651 g/mol. The molecular formula is C37H66O7Si. The third-order valence-electron chi connectivity index (χ3n) is 8.91. The Morgan fingerprint density at radius 3 is 1.96 bits per heavy atom. The van der Waals surface area contributed by atoms with E-state index in [4.69, 9.17) is 23.4 Å². The lowest BCUT2D eigenvalue weighted by molar-refractivity contribution is -0.136. The highest BCUT2D eigenvalue weighted by Gasteiger charge is 2.42. The van der Waals surface area contributed by atoms with Gasteiger partial charge in [-0.25, -0.2) is 0 Å². The number of Topliss-reactive ketones (excluding diaryl/α,β-unsaturated/α-hetero) is 1. The Balaban J connectivity index is 3.10. The highest BCUT2D eigenvalue weighted by Crippen LogP contribution is 2.38. The van der Waals surface area contributed by atoms with Crippen molar-refractivity contribution in [3.8, 4) is 5.75 Å². The molecule has 8 heteroatoms. The first-order valence-corrected chi connectivity index (χ1v) is 19.7. The van der Waals surface area contributed by atoms with E-state index in [2.05, 4.69) is 54.3 Å². The van der Waals surface area contributed by atoms with Crippen molar-refractivity contribution in [1.82, 2.24) is 0 Å². The van der Waals surface area contributed by atoms with E-state index in [1.807, 2.05) is 65.8 Å². The molecule has 1 aromatic rings. The molecule has 0 aromatic heterocycles. The van der Waals surface area contributed by atoms with Crippen molar-refractivity contribution in [3.05, 3.63) is 42.0 Å². The Morgan fingerprint density at radius 1 is 0.933 bits per heavy atom. The van der Waals surface area contributed by atoms with Crippen LogP contribution in [0.25, 0.3) is 0 Å². The van der Waals surface area contributed by atoms with E-state index >= 15 is 0 Å². The molecule has 0 aliphatic heterocycles. The Bertz CT molecular complexity index is 1010. The second-order valence-corrected chi connectivity index (χ2v) is 19.9. The van der Waals surface area contributed by atoms with Crippen LogP contribution in [0.15, 0.2) is 36.4 Å². The number of benzene rings is 1. The summed E-state index contributed by atoms with van der Waals surface area (Å²) in [5, 5.41) is 11.5. The Morgan fingerprint density at radius 2 is 1.49 bits per heavy atom. The first kappa shape index (κ1) is 41.5. The molecule has 0 fully saturated rings. The molecule has 45 heavy (non-hydrogen) atoms. The fraction of sp³-hybridized carbons (Fsp3) is 0.757. The second kappa shape index (κ2) is 18.7. The van der Waals surface area contributed by atoms with Crippen molar-refractivity contribution in [2.75, 3.05) is 13.7 Å². The third kappa shape index (κ3) is 14.0. The summed E-state index contributed by atoms with van der Waals surface area (Å²) in [5.74, 6) is 0.422. The number of ether oxygens (including phenoxy) is 4. The van der Waals surface area contributed by atoms with Gasteiger partial charge in [0.1, 0.15) is 11.9 Å². The molecule has 0 aliphatic rings. The van der Waals surface area contributed by atoms with Gasteiger partial charge in [-0.15, -0.1) is 0 Å². The lowest BCUT2D eigenvalue weighted by atomic mass is 9.82. The van der Waals surface area contributed by atoms with Crippen LogP contribution in [0.5, 0.6) is 5.75 Å². The summed E-state index contributed by atoms with van der Waals surface area (Å²) >= 11 is 0. The summed E-state index contributed by atoms with van der Waals surface area (Å²) in [6.07, 6.45) is -1.61. The number of methoxy groups -OCH3 is 1. The monoisotopic (exact) mass is 650 g/mol. The summed E-state index contributed by atoms with van der Waals surface area (Å²) in [6.45, 7) is 32.1. The molecule has 0 saturated carbocycles. The van der Waals surface area contributed by atoms with Crippen LogP contribution in [-0.4, -0.2) is 69.5 Å². The number of aliphatic hydroxyl groups excluding tert-OH is 1. The van der Waals surface area contributed by atoms with Gasteiger partial charge in [0.2, 0.25) is 0 Å². The van der Waals surface area contributed by atoms with Crippen LogP contribution in [0, 0.1) is 17.8 Å². The molecule has 0 heterocycles. The summed E-state index contributed by atoms with van der Waals surface area (Å²) in [7, 11) is -0.630. The van der Waals surface area contributed by atoms with Gasteiger partial charge in [0.05, 0.1) is 44.2 Å². The maximum absolute atomic E-state index is 14.0. The Hall–Kier alpha value is -1.55. The summed E-state index contributed by atoms with van der Waals surface area (Å²) in [5.41, 5.74) is 1.97. The van der Waals surface area contributed by atoms with E-state index in [0.717, 1.165) is 16.9 Å². The molecule has 0 aliphatic carbocycles. The minimum absolute atomic E-state index is 0.00661. The van der Waals surface area contributed by atoms with Gasteiger partial charge in [0.15, 0.2) is 14.1 Å². The average Bonchev–Trinajstić information content (AvgIpc) is 2.92. The zero-order valence-electron chi connectivity index (χ0n) is 30.9. The molecule has 1 N–H and O–H groups in total. The standard InChI is InChI=1S/C37H66O7Si/c1-24(2)35(42-25(3)4)29(9)36(43-26(5)6)28(8)32(38)21-33(39)34(44-45(14,15)37(10,11)12)20-27(7)22-41-23-30-16-18-31(40-13)19-17-30/h16-19,25-29,32,34-36,38H,1,20-23H2,2-15H3/t27-,28+,29+,32+,34-,35-,36-/m0/s1. The molecule has 0 unspecified atom stereocenters. The van der Waals surface area contributed by atoms with E-state index in [1.54, 1.807) is 7.11 Å². The van der Waals surface area contributed by atoms with Crippen LogP contribution < -0.4 is 4.74 Å². The Kier molecular flexibility index (Phi) is 17.2.